The van der Waals surface area contributed by atoms with Gasteiger partial charge in [-0.1, -0.05) is 35.0 Å². The van der Waals surface area contributed by atoms with Crippen molar-refractivity contribution in [3.8, 4) is 0 Å². The minimum absolute atomic E-state index is 0.452. The van der Waals surface area contributed by atoms with Crippen LogP contribution >= 0.6 is 11.6 Å². The summed E-state index contributed by atoms with van der Waals surface area (Å²) < 4.78 is 28.4. The number of aromatic nitrogens is 1. The molecule has 2 heterocycles. The fraction of sp³-hybridized carbons (Fsp3) is 0.409. The highest BCUT2D eigenvalue weighted by molar-refractivity contribution is 6.66. The Morgan fingerprint density at radius 3 is 2.35 bits per heavy atom. The number of fused-ring (bicyclic) bond motifs is 1. The van der Waals surface area contributed by atoms with Crippen molar-refractivity contribution in [2.75, 3.05) is 19.5 Å². The van der Waals surface area contributed by atoms with Gasteiger partial charge in [-0.3, -0.25) is 0 Å². The molecule has 0 aliphatic carbocycles. The Balaban J connectivity index is 1.62. The molecule has 9 heteroatoms. The van der Waals surface area contributed by atoms with Crippen LogP contribution in [-0.4, -0.2) is 37.7 Å². The normalized spacial score (nSPS) is 17.6. The lowest BCUT2D eigenvalue weighted by Gasteiger charge is -2.32. The lowest BCUT2D eigenvalue weighted by molar-refractivity contribution is -0.105. The molecule has 0 atom stereocenters. The van der Waals surface area contributed by atoms with Crippen molar-refractivity contribution in [3.05, 3.63) is 47.0 Å². The van der Waals surface area contributed by atoms with E-state index in [1.54, 1.807) is 14.2 Å². The number of nitrogens with one attached hydrogen (secondary N) is 1. The number of rotatable bonds is 6. The van der Waals surface area contributed by atoms with Crippen LogP contribution in [0.5, 0.6) is 0 Å². The number of benzene rings is 2. The van der Waals surface area contributed by atoms with Crippen molar-refractivity contribution in [1.82, 2.24) is 5.16 Å². The maximum Gasteiger partial charge on any atom is 0.496 e. The van der Waals surface area contributed by atoms with E-state index < -0.39 is 24.6 Å². The molecule has 31 heavy (non-hydrogen) atoms. The standard InChI is InChI=1S/C22H26BClN2O5/c1-21(2)22(3,4)31-23(30-21)15-8-7-9-16(18(15)24)25-19-14-11-10-13(20(27-5)28-6)12-17(14)29-26-19/h7-12,20H,1-6H3,(H,25,26). The first-order valence-corrected chi connectivity index (χ1v) is 10.4. The van der Waals surface area contributed by atoms with Gasteiger partial charge in [0.25, 0.3) is 0 Å². The van der Waals surface area contributed by atoms with E-state index in [0.29, 0.717) is 22.1 Å². The van der Waals surface area contributed by atoms with Crippen molar-refractivity contribution < 1.29 is 23.3 Å². The maximum absolute atomic E-state index is 6.73. The summed E-state index contributed by atoms with van der Waals surface area (Å²) in [5.74, 6) is 0.556. The first kappa shape index (κ1) is 22.1. The highest BCUT2D eigenvalue weighted by Gasteiger charge is 2.52. The summed E-state index contributed by atoms with van der Waals surface area (Å²) in [5, 5.41) is 8.75. The molecule has 0 spiro atoms. The maximum atomic E-state index is 6.73. The van der Waals surface area contributed by atoms with Gasteiger partial charge in [-0.05, 0) is 45.9 Å². The van der Waals surface area contributed by atoms with E-state index in [1.807, 2.05) is 64.1 Å². The zero-order valence-electron chi connectivity index (χ0n) is 18.5. The first-order valence-electron chi connectivity index (χ1n) is 10.0. The Hall–Kier alpha value is -2.10. The third-order valence-corrected chi connectivity index (χ3v) is 6.41. The number of ether oxygens (including phenoxy) is 2. The highest BCUT2D eigenvalue weighted by Crippen LogP contribution is 2.38. The Labute approximate surface area is 187 Å². The van der Waals surface area contributed by atoms with Gasteiger partial charge in [0.1, 0.15) is 0 Å². The lowest BCUT2D eigenvalue weighted by Crippen LogP contribution is -2.41. The quantitative estimate of drug-likeness (QED) is 0.432. The first-order chi connectivity index (χ1) is 14.7. The van der Waals surface area contributed by atoms with Gasteiger partial charge in [0.05, 0.1) is 27.3 Å². The summed E-state index contributed by atoms with van der Waals surface area (Å²) in [6.45, 7) is 8.04. The van der Waals surface area contributed by atoms with Crippen molar-refractivity contribution >= 4 is 46.7 Å². The van der Waals surface area contributed by atoms with E-state index in [9.17, 15) is 0 Å². The average Bonchev–Trinajstić information content (AvgIpc) is 3.21. The van der Waals surface area contributed by atoms with E-state index in [2.05, 4.69) is 10.5 Å². The van der Waals surface area contributed by atoms with Crippen LogP contribution in [0.25, 0.3) is 11.0 Å². The Bertz CT molecular complexity index is 1080. The molecule has 3 aromatic rings. The molecule has 1 aliphatic rings. The zero-order chi connectivity index (χ0) is 22.4. The van der Waals surface area contributed by atoms with Crippen LogP contribution in [0, 0.1) is 0 Å². The van der Waals surface area contributed by atoms with Crippen LogP contribution in [0.1, 0.15) is 39.5 Å². The molecule has 1 N–H and O–H groups in total. The molecule has 1 fully saturated rings. The molecule has 7 nitrogen and oxygen atoms in total. The molecule has 1 aliphatic heterocycles. The number of anilines is 2. The zero-order valence-corrected chi connectivity index (χ0v) is 19.2. The van der Waals surface area contributed by atoms with Crippen molar-refractivity contribution in [3.63, 3.8) is 0 Å². The molecular weight excluding hydrogens is 419 g/mol. The van der Waals surface area contributed by atoms with Gasteiger partial charge >= 0.3 is 7.12 Å². The summed E-state index contributed by atoms with van der Waals surface area (Å²) in [6, 6.07) is 11.3. The van der Waals surface area contributed by atoms with Gasteiger partial charge in [0, 0.05) is 25.2 Å². The Morgan fingerprint density at radius 1 is 1.03 bits per heavy atom. The van der Waals surface area contributed by atoms with E-state index in [0.717, 1.165) is 16.4 Å². The van der Waals surface area contributed by atoms with Crippen molar-refractivity contribution in [2.45, 2.75) is 45.2 Å². The number of hydrogen-bond acceptors (Lipinski definition) is 7. The second-order valence-corrected chi connectivity index (χ2v) is 8.89. The van der Waals surface area contributed by atoms with Gasteiger partial charge in [0.2, 0.25) is 0 Å². The van der Waals surface area contributed by atoms with Gasteiger partial charge in [-0.25, -0.2) is 0 Å². The molecule has 1 aromatic heterocycles. The number of hydrogen-bond donors (Lipinski definition) is 1. The Morgan fingerprint density at radius 2 is 1.71 bits per heavy atom. The molecule has 0 radical (unpaired) electrons. The Kier molecular flexibility index (Phi) is 5.79. The fourth-order valence-electron chi connectivity index (χ4n) is 3.49. The minimum atomic E-state index is -0.559. The smallest absolute Gasteiger partial charge is 0.399 e. The van der Waals surface area contributed by atoms with Crippen LogP contribution in [0.4, 0.5) is 11.5 Å². The summed E-state index contributed by atoms with van der Waals surface area (Å²) in [7, 11) is 2.61. The van der Waals surface area contributed by atoms with Gasteiger partial charge in [-0.15, -0.1) is 0 Å². The predicted octanol–water partition coefficient (Wildman–Crippen LogP) is 4.82. The second-order valence-electron chi connectivity index (χ2n) is 8.51. The van der Waals surface area contributed by atoms with E-state index in [4.69, 9.17) is 34.9 Å². The molecular formula is C22H26BClN2O5. The number of methoxy groups -OCH3 is 2. The third-order valence-electron chi connectivity index (χ3n) is 5.99. The number of nitrogens with zero attached hydrogens (tertiary/aromatic N) is 1. The topological polar surface area (TPSA) is 75.0 Å². The third kappa shape index (κ3) is 3.94. The molecule has 0 bridgehead atoms. The van der Waals surface area contributed by atoms with Gasteiger partial charge < -0.3 is 28.6 Å². The molecule has 164 valence electrons. The summed E-state index contributed by atoms with van der Waals surface area (Å²) in [5.41, 5.74) is 1.97. The molecule has 2 aromatic carbocycles. The monoisotopic (exact) mass is 444 g/mol. The van der Waals surface area contributed by atoms with E-state index in [1.165, 1.54) is 0 Å². The van der Waals surface area contributed by atoms with Crippen LogP contribution in [0.3, 0.4) is 0 Å². The SMILES string of the molecule is COC(OC)c1ccc2c(Nc3cccc(B4OC(C)(C)C(C)(C)O4)c3Cl)noc2c1. The van der Waals surface area contributed by atoms with Crippen molar-refractivity contribution in [1.29, 1.82) is 0 Å². The van der Waals surface area contributed by atoms with Gasteiger partial charge in [-0.2, -0.15) is 0 Å². The molecule has 4 rings (SSSR count). The lowest BCUT2D eigenvalue weighted by atomic mass is 9.79. The van der Waals surface area contributed by atoms with Gasteiger partial charge in [0.15, 0.2) is 17.7 Å². The van der Waals surface area contributed by atoms with Crippen molar-refractivity contribution in [2.24, 2.45) is 0 Å². The summed E-state index contributed by atoms with van der Waals surface area (Å²) in [6.07, 6.45) is -0.475. The van der Waals surface area contributed by atoms with Crippen LogP contribution < -0.4 is 10.8 Å². The molecule has 1 saturated heterocycles. The fourth-order valence-corrected chi connectivity index (χ4v) is 3.75. The minimum Gasteiger partial charge on any atom is -0.399 e. The second kappa shape index (κ2) is 8.11. The average molecular weight is 445 g/mol. The largest absolute Gasteiger partial charge is 0.496 e. The van der Waals surface area contributed by atoms with Crippen LogP contribution in [-0.2, 0) is 18.8 Å². The summed E-state index contributed by atoms with van der Waals surface area (Å²) in [4.78, 5) is 0. The van der Waals surface area contributed by atoms with Crippen LogP contribution in [0.15, 0.2) is 40.9 Å². The van der Waals surface area contributed by atoms with Crippen LogP contribution in [0.2, 0.25) is 5.02 Å². The molecule has 0 unspecified atom stereocenters. The van der Waals surface area contributed by atoms with E-state index >= 15 is 0 Å². The van der Waals surface area contributed by atoms with E-state index in [-0.39, 0.29) is 0 Å². The molecule has 0 amide bonds. The predicted molar refractivity (Wildman–Crippen MR) is 121 cm³/mol. The highest BCUT2D eigenvalue weighted by atomic mass is 35.5. The summed E-state index contributed by atoms with van der Waals surface area (Å²) >= 11 is 6.73. The molecule has 0 saturated carbocycles. The number of halogens is 1.